The van der Waals surface area contributed by atoms with Gasteiger partial charge in [0.1, 0.15) is 18.1 Å². The largest absolute Gasteiger partial charge is 0.492 e. The Bertz CT molecular complexity index is 700. The number of carbonyl (C=O) groups is 1. The fraction of sp³-hybridized carbons (Fsp3) is 0.278. The number of hydrogen-bond acceptors (Lipinski definition) is 6. The molecule has 0 fully saturated rings. The number of aromatic nitrogens is 2. The van der Waals surface area contributed by atoms with Crippen LogP contribution in [-0.4, -0.2) is 54.2 Å². The third-order valence-electron chi connectivity index (χ3n) is 3.18. The van der Waals surface area contributed by atoms with Crippen molar-refractivity contribution in [2.75, 3.05) is 33.5 Å². The van der Waals surface area contributed by atoms with E-state index in [1.54, 1.807) is 18.3 Å². The van der Waals surface area contributed by atoms with Crippen LogP contribution in [0.4, 0.5) is 0 Å². The van der Waals surface area contributed by atoms with Crippen LogP contribution in [0.1, 0.15) is 16.1 Å². The minimum atomic E-state index is -0.140. The number of nitrogens with zero attached hydrogens (tertiary/aromatic N) is 3. The van der Waals surface area contributed by atoms with Crippen LogP contribution >= 0.6 is 11.8 Å². The molecule has 0 atom stereocenters. The van der Waals surface area contributed by atoms with Crippen LogP contribution in [0.15, 0.2) is 47.8 Å². The fourth-order valence-corrected chi connectivity index (χ4v) is 2.21. The minimum Gasteiger partial charge on any atom is -0.492 e. The van der Waals surface area contributed by atoms with Gasteiger partial charge in [-0.1, -0.05) is 30.0 Å². The van der Waals surface area contributed by atoms with E-state index >= 15 is 0 Å². The highest BCUT2D eigenvalue weighted by atomic mass is 32.2. The summed E-state index contributed by atoms with van der Waals surface area (Å²) in [6, 6.07) is 9.25. The van der Waals surface area contributed by atoms with Gasteiger partial charge in [0.05, 0.1) is 0 Å². The fourth-order valence-electron chi connectivity index (χ4n) is 1.85. The SMILES string of the molecule is CSc1nccc(C(=O)C=Cc2ccc(OCCN(C)C)cc2)n1. The zero-order valence-electron chi connectivity index (χ0n) is 14.1. The van der Waals surface area contributed by atoms with Crippen LogP contribution in [-0.2, 0) is 0 Å². The molecule has 0 aliphatic rings. The van der Waals surface area contributed by atoms with Gasteiger partial charge in [0.15, 0.2) is 5.16 Å². The topological polar surface area (TPSA) is 55.3 Å². The van der Waals surface area contributed by atoms with Crippen molar-refractivity contribution in [1.82, 2.24) is 14.9 Å². The summed E-state index contributed by atoms with van der Waals surface area (Å²) in [4.78, 5) is 22.5. The monoisotopic (exact) mass is 343 g/mol. The van der Waals surface area contributed by atoms with E-state index < -0.39 is 0 Å². The molecule has 1 aromatic heterocycles. The van der Waals surface area contributed by atoms with Crippen LogP contribution in [0.5, 0.6) is 5.75 Å². The molecule has 0 aliphatic carbocycles. The van der Waals surface area contributed by atoms with E-state index in [-0.39, 0.29) is 5.78 Å². The van der Waals surface area contributed by atoms with E-state index in [9.17, 15) is 4.79 Å². The maximum absolute atomic E-state index is 12.1. The first-order valence-corrected chi connectivity index (χ1v) is 8.78. The maximum atomic E-state index is 12.1. The van der Waals surface area contributed by atoms with Crippen molar-refractivity contribution >= 4 is 23.6 Å². The summed E-state index contributed by atoms with van der Waals surface area (Å²) in [5, 5.41) is 0.591. The summed E-state index contributed by atoms with van der Waals surface area (Å²) in [7, 11) is 4.02. The number of carbonyl (C=O) groups excluding carboxylic acids is 1. The number of benzene rings is 1. The van der Waals surface area contributed by atoms with Gasteiger partial charge in [-0.25, -0.2) is 9.97 Å². The molecule has 24 heavy (non-hydrogen) atoms. The highest BCUT2D eigenvalue weighted by molar-refractivity contribution is 7.98. The van der Waals surface area contributed by atoms with Gasteiger partial charge in [-0.15, -0.1) is 0 Å². The summed E-state index contributed by atoms with van der Waals surface area (Å²) in [5.41, 5.74) is 1.33. The van der Waals surface area contributed by atoms with E-state index in [0.29, 0.717) is 17.5 Å². The second kappa shape index (κ2) is 9.20. The number of ketones is 1. The Balaban J connectivity index is 1.94. The number of rotatable bonds is 8. The van der Waals surface area contributed by atoms with Gasteiger partial charge in [0.25, 0.3) is 0 Å². The highest BCUT2D eigenvalue weighted by Crippen LogP contribution is 2.14. The predicted octanol–water partition coefficient (Wildman–Crippen LogP) is 3.04. The average Bonchev–Trinajstić information content (AvgIpc) is 2.60. The van der Waals surface area contributed by atoms with Crippen LogP contribution in [0.25, 0.3) is 6.08 Å². The lowest BCUT2D eigenvalue weighted by Gasteiger charge is -2.10. The molecule has 1 aromatic carbocycles. The van der Waals surface area contributed by atoms with E-state index in [1.165, 1.54) is 17.8 Å². The van der Waals surface area contributed by atoms with Crippen molar-refractivity contribution in [3.8, 4) is 5.75 Å². The second-order valence-electron chi connectivity index (χ2n) is 5.35. The molecule has 0 saturated carbocycles. The van der Waals surface area contributed by atoms with Crippen LogP contribution in [0.3, 0.4) is 0 Å². The standard InChI is InChI=1S/C18H21N3O2S/c1-21(2)12-13-23-15-7-4-14(5-8-15)6-9-17(22)16-10-11-19-18(20-16)24-3/h4-11H,12-13H2,1-3H3. The van der Waals surface area contributed by atoms with Gasteiger partial charge in [-0.3, -0.25) is 4.79 Å². The second-order valence-corrected chi connectivity index (χ2v) is 6.12. The third-order valence-corrected chi connectivity index (χ3v) is 3.74. The summed E-state index contributed by atoms with van der Waals surface area (Å²) in [6.07, 6.45) is 6.77. The number of hydrogen-bond donors (Lipinski definition) is 0. The molecule has 0 N–H and O–H groups in total. The average molecular weight is 343 g/mol. The molecule has 2 rings (SSSR count). The Labute approximate surface area is 146 Å². The minimum absolute atomic E-state index is 0.140. The lowest BCUT2D eigenvalue weighted by Crippen LogP contribution is -2.19. The molecule has 0 amide bonds. The zero-order valence-corrected chi connectivity index (χ0v) is 14.9. The lowest BCUT2D eigenvalue weighted by atomic mass is 10.1. The first-order valence-electron chi connectivity index (χ1n) is 7.55. The molecule has 0 bridgehead atoms. The first kappa shape index (κ1) is 18.2. The molecule has 0 saturated heterocycles. The third kappa shape index (κ3) is 5.79. The Morgan fingerprint density at radius 2 is 2.00 bits per heavy atom. The molecule has 126 valence electrons. The Morgan fingerprint density at radius 3 is 2.67 bits per heavy atom. The van der Waals surface area contributed by atoms with Gasteiger partial charge in [0.2, 0.25) is 5.78 Å². The molecular weight excluding hydrogens is 322 g/mol. The number of ether oxygens (including phenoxy) is 1. The molecule has 1 heterocycles. The van der Waals surface area contributed by atoms with Crippen LogP contribution < -0.4 is 4.74 Å². The summed E-state index contributed by atoms with van der Waals surface area (Å²) in [5.74, 6) is 0.680. The van der Waals surface area contributed by atoms with Crippen molar-refractivity contribution in [2.24, 2.45) is 0 Å². The first-order chi connectivity index (χ1) is 11.6. The molecule has 0 spiro atoms. The maximum Gasteiger partial charge on any atom is 0.204 e. The molecule has 5 nitrogen and oxygen atoms in total. The van der Waals surface area contributed by atoms with E-state index in [4.69, 9.17) is 4.74 Å². The molecular formula is C18H21N3O2S. The van der Waals surface area contributed by atoms with Crippen molar-refractivity contribution in [2.45, 2.75) is 5.16 Å². The quantitative estimate of drug-likeness (QED) is 0.318. The van der Waals surface area contributed by atoms with Crippen molar-refractivity contribution in [1.29, 1.82) is 0 Å². The van der Waals surface area contributed by atoms with Gasteiger partial charge in [-0.2, -0.15) is 0 Å². The van der Waals surface area contributed by atoms with Gasteiger partial charge in [-0.05, 0) is 50.2 Å². The van der Waals surface area contributed by atoms with Gasteiger partial charge < -0.3 is 9.64 Å². The van der Waals surface area contributed by atoms with E-state index in [1.807, 2.05) is 44.6 Å². The molecule has 6 heteroatoms. The molecule has 2 aromatic rings. The summed E-state index contributed by atoms with van der Waals surface area (Å²) in [6.45, 7) is 1.51. The van der Waals surface area contributed by atoms with Crippen molar-refractivity contribution < 1.29 is 9.53 Å². The lowest BCUT2D eigenvalue weighted by molar-refractivity contribution is 0.104. The van der Waals surface area contributed by atoms with Crippen LogP contribution in [0, 0.1) is 0 Å². The predicted molar refractivity (Wildman–Crippen MR) is 97.7 cm³/mol. The highest BCUT2D eigenvalue weighted by Gasteiger charge is 2.05. The van der Waals surface area contributed by atoms with E-state index in [0.717, 1.165) is 17.9 Å². The number of thioether (sulfide) groups is 1. The normalized spacial score (nSPS) is 11.2. The van der Waals surface area contributed by atoms with E-state index in [2.05, 4.69) is 14.9 Å². The summed E-state index contributed by atoms with van der Waals surface area (Å²) >= 11 is 1.41. The number of likely N-dealkylation sites (N-methyl/N-ethyl adjacent to an activating group) is 1. The molecule has 0 aliphatic heterocycles. The Morgan fingerprint density at radius 1 is 1.25 bits per heavy atom. The zero-order chi connectivity index (χ0) is 17.4. The Hall–Kier alpha value is -2.18. The smallest absolute Gasteiger partial charge is 0.204 e. The van der Waals surface area contributed by atoms with Crippen molar-refractivity contribution in [3.05, 3.63) is 53.9 Å². The van der Waals surface area contributed by atoms with Gasteiger partial charge >= 0.3 is 0 Å². The Kier molecular flexibility index (Phi) is 6.96. The molecule has 0 radical (unpaired) electrons. The summed E-state index contributed by atoms with van der Waals surface area (Å²) < 4.78 is 5.64. The van der Waals surface area contributed by atoms with Crippen molar-refractivity contribution in [3.63, 3.8) is 0 Å². The number of allylic oxidation sites excluding steroid dienone is 1. The van der Waals surface area contributed by atoms with Crippen LogP contribution in [0.2, 0.25) is 0 Å². The molecule has 0 unspecified atom stereocenters. The van der Waals surface area contributed by atoms with Gasteiger partial charge in [0, 0.05) is 12.7 Å².